The summed E-state index contributed by atoms with van der Waals surface area (Å²) in [5.41, 5.74) is 6.07. The number of aromatic nitrogens is 2. The van der Waals surface area contributed by atoms with Crippen molar-refractivity contribution in [3.8, 4) is 11.8 Å². The Morgan fingerprint density at radius 2 is 1.76 bits per heavy atom. The lowest BCUT2D eigenvalue weighted by atomic mass is 10.2. The zero-order valence-corrected chi connectivity index (χ0v) is 10.4. The van der Waals surface area contributed by atoms with Crippen molar-refractivity contribution in [3.05, 3.63) is 53.3 Å². The van der Waals surface area contributed by atoms with E-state index in [1.165, 1.54) is 18.2 Å². The zero-order valence-electron chi connectivity index (χ0n) is 10.4. The molecule has 0 aliphatic carbocycles. The van der Waals surface area contributed by atoms with Crippen LogP contribution in [0.1, 0.15) is 5.56 Å². The Hall–Kier alpha value is -3.01. The summed E-state index contributed by atoms with van der Waals surface area (Å²) in [4.78, 5) is 3.97. The molecule has 21 heavy (non-hydrogen) atoms. The number of nitrogens with zero attached hydrogens (tertiary/aromatic N) is 3. The number of fused-ring (bicyclic) bond motifs is 1. The molecule has 4 nitrogen and oxygen atoms in total. The van der Waals surface area contributed by atoms with Gasteiger partial charge in [-0.2, -0.15) is 5.26 Å². The number of hydrogen-bond acceptors (Lipinski definition) is 3. The molecule has 3 aromatic rings. The molecule has 0 unspecified atom stereocenters. The molecule has 0 aliphatic heterocycles. The average molecular weight is 288 g/mol. The van der Waals surface area contributed by atoms with E-state index in [-0.39, 0.29) is 17.0 Å². The molecule has 0 atom stereocenters. The molecule has 1 heterocycles. The van der Waals surface area contributed by atoms with E-state index in [9.17, 15) is 13.2 Å². The van der Waals surface area contributed by atoms with E-state index in [0.29, 0.717) is 17.6 Å². The summed E-state index contributed by atoms with van der Waals surface area (Å²) in [5, 5.41) is 8.90. The summed E-state index contributed by atoms with van der Waals surface area (Å²) in [6.07, 6.45) is 0. The number of nitriles is 1. The summed E-state index contributed by atoms with van der Waals surface area (Å²) >= 11 is 0. The van der Waals surface area contributed by atoms with Crippen LogP contribution in [0.5, 0.6) is 0 Å². The number of anilines is 1. The van der Waals surface area contributed by atoms with E-state index in [1.54, 1.807) is 0 Å². The Bertz CT molecular complexity index is 885. The molecule has 0 saturated heterocycles. The normalized spacial score (nSPS) is 10.8. The quantitative estimate of drug-likeness (QED) is 0.748. The van der Waals surface area contributed by atoms with Crippen molar-refractivity contribution in [1.29, 1.82) is 5.26 Å². The van der Waals surface area contributed by atoms with Crippen LogP contribution in [0.25, 0.3) is 16.7 Å². The third kappa shape index (κ3) is 1.97. The first kappa shape index (κ1) is 13.0. The second-order valence-corrected chi connectivity index (χ2v) is 4.34. The molecule has 1 aromatic heterocycles. The minimum atomic E-state index is -1.11. The predicted molar refractivity (Wildman–Crippen MR) is 70.1 cm³/mol. The molecule has 0 fully saturated rings. The zero-order chi connectivity index (χ0) is 15.1. The number of rotatable bonds is 1. The van der Waals surface area contributed by atoms with E-state index < -0.39 is 23.1 Å². The molecule has 2 N–H and O–H groups in total. The Balaban J connectivity index is 2.40. The SMILES string of the molecule is N#Cc1ccc2nc(N)n(-c3c(F)cc(F)cc3F)c2c1. The first-order valence-electron chi connectivity index (χ1n) is 5.84. The molecule has 0 bridgehead atoms. The van der Waals surface area contributed by atoms with Gasteiger partial charge in [-0.1, -0.05) is 0 Å². The van der Waals surface area contributed by atoms with Gasteiger partial charge in [0.15, 0.2) is 11.6 Å². The monoisotopic (exact) mass is 288 g/mol. The number of imidazole rings is 1. The predicted octanol–water partition coefficient (Wildman–Crippen LogP) is 2.90. The molecule has 0 aliphatic rings. The largest absolute Gasteiger partial charge is 0.369 e. The molecule has 7 heteroatoms. The number of benzene rings is 2. The van der Waals surface area contributed by atoms with Gasteiger partial charge in [0.25, 0.3) is 0 Å². The van der Waals surface area contributed by atoms with Crippen LogP contribution in [0.15, 0.2) is 30.3 Å². The standard InChI is InChI=1S/C14H7F3N4/c15-8-4-9(16)13(10(17)5-8)21-12-3-7(6-18)1-2-11(12)20-14(21)19/h1-5H,(H2,19,20). The smallest absolute Gasteiger partial charge is 0.206 e. The van der Waals surface area contributed by atoms with Crippen LogP contribution < -0.4 is 5.73 Å². The molecule has 2 aromatic carbocycles. The Morgan fingerprint density at radius 1 is 1.10 bits per heavy atom. The van der Waals surface area contributed by atoms with Crippen LogP contribution in [0.4, 0.5) is 19.1 Å². The van der Waals surface area contributed by atoms with Gasteiger partial charge in [0, 0.05) is 12.1 Å². The van der Waals surface area contributed by atoms with Crippen LogP contribution in [0, 0.1) is 28.8 Å². The maximum Gasteiger partial charge on any atom is 0.206 e. The van der Waals surface area contributed by atoms with Crippen molar-refractivity contribution in [2.24, 2.45) is 0 Å². The van der Waals surface area contributed by atoms with Gasteiger partial charge < -0.3 is 5.73 Å². The second kappa shape index (κ2) is 4.52. The van der Waals surface area contributed by atoms with Gasteiger partial charge in [0.05, 0.1) is 22.7 Å². The van der Waals surface area contributed by atoms with E-state index in [0.717, 1.165) is 4.57 Å². The fourth-order valence-corrected chi connectivity index (χ4v) is 2.15. The van der Waals surface area contributed by atoms with E-state index in [2.05, 4.69) is 4.98 Å². The molecular weight excluding hydrogens is 281 g/mol. The maximum absolute atomic E-state index is 13.9. The fourth-order valence-electron chi connectivity index (χ4n) is 2.15. The lowest BCUT2D eigenvalue weighted by molar-refractivity contribution is 0.536. The first-order valence-corrected chi connectivity index (χ1v) is 5.84. The first-order chi connectivity index (χ1) is 10.0. The van der Waals surface area contributed by atoms with E-state index >= 15 is 0 Å². The summed E-state index contributed by atoms with van der Waals surface area (Å²) in [6, 6.07) is 7.45. The Labute approximate surface area is 116 Å². The highest BCUT2D eigenvalue weighted by molar-refractivity contribution is 5.82. The van der Waals surface area contributed by atoms with Gasteiger partial charge in [-0.3, -0.25) is 4.57 Å². The van der Waals surface area contributed by atoms with Crippen molar-refractivity contribution >= 4 is 17.0 Å². The van der Waals surface area contributed by atoms with Gasteiger partial charge in [-0.05, 0) is 18.2 Å². The third-order valence-corrected chi connectivity index (χ3v) is 3.01. The van der Waals surface area contributed by atoms with Crippen LogP contribution >= 0.6 is 0 Å². The molecule has 0 radical (unpaired) electrons. The van der Waals surface area contributed by atoms with E-state index in [4.69, 9.17) is 11.0 Å². The van der Waals surface area contributed by atoms with Crippen molar-refractivity contribution in [1.82, 2.24) is 9.55 Å². The van der Waals surface area contributed by atoms with Crippen LogP contribution in [0.3, 0.4) is 0 Å². The topological polar surface area (TPSA) is 67.6 Å². The molecular formula is C14H7F3N4. The highest BCUT2D eigenvalue weighted by Gasteiger charge is 2.19. The average Bonchev–Trinajstić information content (AvgIpc) is 2.73. The van der Waals surface area contributed by atoms with Gasteiger partial charge in [-0.25, -0.2) is 18.2 Å². The summed E-state index contributed by atoms with van der Waals surface area (Å²) in [7, 11) is 0. The minimum absolute atomic E-state index is 0.163. The highest BCUT2D eigenvalue weighted by Crippen LogP contribution is 2.28. The van der Waals surface area contributed by atoms with E-state index in [1.807, 2.05) is 6.07 Å². The molecule has 104 valence electrons. The summed E-state index contributed by atoms with van der Waals surface area (Å²) in [5.74, 6) is -3.42. The molecule has 3 rings (SSSR count). The van der Waals surface area contributed by atoms with Crippen LogP contribution in [0.2, 0.25) is 0 Å². The number of hydrogen-bond donors (Lipinski definition) is 1. The third-order valence-electron chi connectivity index (χ3n) is 3.01. The Kier molecular flexibility index (Phi) is 2.80. The Morgan fingerprint density at radius 3 is 2.38 bits per heavy atom. The van der Waals surface area contributed by atoms with Crippen LogP contribution in [-0.4, -0.2) is 9.55 Å². The maximum atomic E-state index is 13.9. The number of nitrogens with two attached hydrogens (primary N) is 1. The van der Waals surface area contributed by atoms with Gasteiger partial charge in [0.1, 0.15) is 11.5 Å². The highest BCUT2D eigenvalue weighted by atomic mass is 19.1. The van der Waals surface area contributed by atoms with Crippen LogP contribution in [-0.2, 0) is 0 Å². The lowest BCUT2D eigenvalue weighted by Crippen LogP contribution is -2.06. The number of nitrogen functional groups attached to an aromatic ring is 1. The summed E-state index contributed by atoms with van der Waals surface area (Å²) < 4.78 is 41.8. The number of halogens is 3. The minimum Gasteiger partial charge on any atom is -0.369 e. The lowest BCUT2D eigenvalue weighted by Gasteiger charge is -2.09. The van der Waals surface area contributed by atoms with Crippen molar-refractivity contribution in [3.63, 3.8) is 0 Å². The van der Waals surface area contributed by atoms with Gasteiger partial charge in [-0.15, -0.1) is 0 Å². The molecule has 0 amide bonds. The summed E-state index contributed by atoms with van der Waals surface area (Å²) in [6.45, 7) is 0. The van der Waals surface area contributed by atoms with Gasteiger partial charge in [0.2, 0.25) is 5.95 Å². The second-order valence-electron chi connectivity index (χ2n) is 4.34. The van der Waals surface area contributed by atoms with Gasteiger partial charge >= 0.3 is 0 Å². The fraction of sp³-hybridized carbons (Fsp3) is 0. The molecule has 0 saturated carbocycles. The van der Waals surface area contributed by atoms with Crippen molar-refractivity contribution < 1.29 is 13.2 Å². The van der Waals surface area contributed by atoms with Crippen molar-refractivity contribution in [2.45, 2.75) is 0 Å². The molecule has 0 spiro atoms. The van der Waals surface area contributed by atoms with Crippen molar-refractivity contribution in [2.75, 3.05) is 5.73 Å².